The van der Waals surface area contributed by atoms with Crippen LogP contribution in [0.25, 0.3) is 0 Å². The van der Waals surface area contributed by atoms with E-state index >= 15 is 0 Å². The maximum Gasteiger partial charge on any atom is 0.260 e. The first-order chi connectivity index (χ1) is 17.0. The molecule has 0 unspecified atom stereocenters. The predicted molar refractivity (Wildman–Crippen MR) is 131 cm³/mol. The molecule has 3 aromatic rings. The van der Waals surface area contributed by atoms with Gasteiger partial charge in [0.05, 0.1) is 31.0 Å². The van der Waals surface area contributed by atoms with Crippen molar-refractivity contribution in [3.05, 3.63) is 76.8 Å². The lowest BCUT2D eigenvalue weighted by Gasteiger charge is -2.31. The molecule has 35 heavy (non-hydrogen) atoms. The van der Waals surface area contributed by atoms with Crippen molar-refractivity contribution < 1.29 is 14.3 Å². The average molecular weight is 490 g/mol. The fraction of sp³-hybridized carbons (Fsp3) is 0.308. The molecule has 6 rings (SSSR count). The number of fused-ring (bicyclic) bond motifs is 2. The van der Waals surface area contributed by atoms with Crippen LogP contribution in [0.3, 0.4) is 0 Å². The van der Waals surface area contributed by atoms with Gasteiger partial charge < -0.3 is 10.1 Å². The molecule has 1 fully saturated rings. The molecule has 1 aliphatic carbocycles. The molecule has 3 aliphatic rings. The van der Waals surface area contributed by atoms with Crippen LogP contribution in [0.5, 0.6) is 5.75 Å². The standard InChI is InChI=1S/C26H24ClN5O3/c1-35-18-12-8-16(9-13-18)22-14-21(15-6-10-17(27)11-7-15)28-25-29-26(30-32(22)25)31-23(33)19-4-2-3-5-20(19)24(31)34/h2-3,6-13,19-22H,4-5,14H2,1H3,(H,28,29,30)/t19-,20-,21-,22-/m0/s1. The normalized spacial score (nSPS) is 25.3. The van der Waals surface area contributed by atoms with Gasteiger partial charge in [0, 0.05) is 5.02 Å². The molecule has 2 amide bonds. The molecule has 9 heteroatoms. The Morgan fingerprint density at radius 3 is 2.20 bits per heavy atom. The zero-order chi connectivity index (χ0) is 24.1. The number of halogens is 1. The van der Waals surface area contributed by atoms with Gasteiger partial charge >= 0.3 is 0 Å². The van der Waals surface area contributed by atoms with Crippen molar-refractivity contribution in [2.45, 2.75) is 31.3 Å². The SMILES string of the molecule is COc1ccc([C@@H]2C[C@@H](c3ccc(Cl)cc3)Nc3nc(N4C(=O)[C@H]5CC=CC[C@@H]5C4=O)nn32)cc1. The minimum absolute atomic E-state index is 0.0549. The summed E-state index contributed by atoms with van der Waals surface area (Å²) in [7, 11) is 1.63. The van der Waals surface area contributed by atoms with Crippen LogP contribution in [0.1, 0.15) is 42.5 Å². The number of carbonyl (C=O) groups is 2. The molecule has 0 bridgehead atoms. The lowest BCUT2D eigenvalue weighted by molar-refractivity contribution is -0.122. The third kappa shape index (κ3) is 3.69. The Labute approximate surface area is 207 Å². The maximum atomic E-state index is 13.1. The number of ether oxygens (including phenoxy) is 1. The fourth-order valence-corrected chi connectivity index (χ4v) is 5.40. The number of methoxy groups -OCH3 is 1. The lowest BCUT2D eigenvalue weighted by Crippen LogP contribution is -2.32. The number of rotatable bonds is 4. The van der Waals surface area contributed by atoms with Crippen molar-refractivity contribution in [2.24, 2.45) is 11.8 Å². The van der Waals surface area contributed by atoms with Crippen molar-refractivity contribution in [1.29, 1.82) is 0 Å². The molecular weight excluding hydrogens is 466 g/mol. The van der Waals surface area contributed by atoms with Gasteiger partial charge in [-0.3, -0.25) is 9.59 Å². The Balaban J connectivity index is 1.39. The van der Waals surface area contributed by atoms with Crippen LogP contribution >= 0.6 is 11.6 Å². The highest BCUT2D eigenvalue weighted by Crippen LogP contribution is 2.41. The van der Waals surface area contributed by atoms with E-state index in [1.165, 1.54) is 4.90 Å². The number of amides is 2. The Bertz CT molecular complexity index is 1290. The fourth-order valence-electron chi connectivity index (χ4n) is 5.28. The van der Waals surface area contributed by atoms with Crippen molar-refractivity contribution in [2.75, 3.05) is 17.3 Å². The molecule has 0 radical (unpaired) electrons. The Kier molecular flexibility index (Phi) is 5.33. The molecule has 1 saturated heterocycles. The summed E-state index contributed by atoms with van der Waals surface area (Å²) in [4.78, 5) is 32.1. The summed E-state index contributed by atoms with van der Waals surface area (Å²) in [6.07, 6.45) is 5.79. The molecule has 4 atom stereocenters. The summed E-state index contributed by atoms with van der Waals surface area (Å²) in [5, 5.41) is 8.81. The quantitative estimate of drug-likeness (QED) is 0.427. The first-order valence-corrected chi connectivity index (χ1v) is 12.1. The minimum atomic E-state index is -0.333. The molecular formula is C26H24ClN5O3. The predicted octanol–water partition coefficient (Wildman–Crippen LogP) is 4.54. The molecule has 1 aromatic heterocycles. The van der Waals surface area contributed by atoms with Gasteiger partial charge in [-0.25, -0.2) is 9.58 Å². The molecule has 3 heterocycles. The Morgan fingerprint density at radius 2 is 1.57 bits per heavy atom. The highest BCUT2D eigenvalue weighted by Gasteiger charge is 2.50. The van der Waals surface area contributed by atoms with Crippen LogP contribution in [0, 0.1) is 11.8 Å². The zero-order valence-electron chi connectivity index (χ0n) is 19.1. The summed E-state index contributed by atoms with van der Waals surface area (Å²) >= 11 is 6.11. The summed E-state index contributed by atoms with van der Waals surface area (Å²) in [5.41, 5.74) is 2.09. The van der Waals surface area contributed by atoms with Crippen LogP contribution in [-0.2, 0) is 9.59 Å². The monoisotopic (exact) mass is 489 g/mol. The minimum Gasteiger partial charge on any atom is -0.497 e. The molecule has 178 valence electrons. The Morgan fingerprint density at radius 1 is 0.943 bits per heavy atom. The van der Waals surface area contributed by atoms with E-state index in [4.69, 9.17) is 16.3 Å². The van der Waals surface area contributed by atoms with E-state index in [1.54, 1.807) is 11.8 Å². The number of imide groups is 1. The summed E-state index contributed by atoms with van der Waals surface area (Å²) in [6.45, 7) is 0. The van der Waals surface area contributed by atoms with E-state index < -0.39 is 0 Å². The molecule has 0 spiro atoms. The second kappa shape index (κ2) is 8.53. The molecule has 2 aromatic carbocycles. The van der Waals surface area contributed by atoms with Crippen molar-refractivity contribution in [1.82, 2.24) is 14.8 Å². The molecule has 0 saturated carbocycles. The van der Waals surface area contributed by atoms with E-state index in [0.29, 0.717) is 30.2 Å². The van der Waals surface area contributed by atoms with Gasteiger partial charge in [0.2, 0.25) is 17.8 Å². The van der Waals surface area contributed by atoms with E-state index in [2.05, 4.69) is 15.4 Å². The number of nitrogens with zero attached hydrogens (tertiary/aromatic N) is 4. The van der Waals surface area contributed by atoms with Crippen LogP contribution in [0.15, 0.2) is 60.7 Å². The molecule has 8 nitrogen and oxygen atoms in total. The highest BCUT2D eigenvalue weighted by atomic mass is 35.5. The van der Waals surface area contributed by atoms with E-state index in [9.17, 15) is 9.59 Å². The highest BCUT2D eigenvalue weighted by molar-refractivity contribution is 6.30. The summed E-state index contributed by atoms with van der Waals surface area (Å²) < 4.78 is 7.10. The molecule has 1 N–H and O–H groups in total. The number of anilines is 2. The number of allylic oxidation sites excluding steroid dienone is 2. The third-order valence-corrected chi connectivity index (χ3v) is 7.41. The van der Waals surface area contributed by atoms with Crippen LogP contribution in [0.2, 0.25) is 5.02 Å². The first-order valence-electron chi connectivity index (χ1n) is 11.7. The van der Waals surface area contributed by atoms with Gasteiger partial charge in [0.25, 0.3) is 5.95 Å². The number of aromatic nitrogens is 3. The van der Waals surface area contributed by atoms with Crippen molar-refractivity contribution >= 4 is 35.3 Å². The van der Waals surface area contributed by atoms with Gasteiger partial charge in [-0.05, 0) is 54.7 Å². The zero-order valence-corrected chi connectivity index (χ0v) is 19.9. The van der Waals surface area contributed by atoms with Crippen LogP contribution in [-0.4, -0.2) is 33.7 Å². The first kappa shape index (κ1) is 21.9. The van der Waals surface area contributed by atoms with Gasteiger partial charge in [-0.1, -0.05) is 48.0 Å². The number of nitrogens with one attached hydrogen (secondary N) is 1. The average Bonchev–Trinajstić information content (AvgIpc) is 3.42. The van der Waals surface area contributed by atoms with E-state index in [1.807, 2.05) is 60.7 Å². The Hall–Kier alpha value is -3.65. The maximum absolute atomic E-state index is 13.1. The summed E-state index contributed by atoms with van der Waals surface area (Å²) in [5.74, 6) is 0.305. The lowest BCUT2D eigenvalue weighted by atomic mass is 9.85. The van der Waals surface area contributed by atoms with Crippen LogP contribution < -0.4 is 15.0 Å². The second-order valence-electron chi connectivity index (χ2n) is 9.12. The number of benzene rings is 2. The topological polar surface area (TPSA) is 89.3 Å². The number of carbonyl (C=O) groups excluding carboxylic acids is 2. The van der Waals surface area contributed by atoms with Crippen LogP contribution in [0.4, 0.5) is 11.9 Å². The van der Waals surface area contributed by atoms with Gasteiger partial charge in [-0.2, -0.15) is 4.98 Å². The van der Waals surface area contributed by atoms with Crippen molar-refractivity contribution in [3.63, 3.8) is 0 Å². The number of hydrogen-bond donors (Lipinski definition) is 1. The second-order valence-corrected chi connectivity index (χ2v) is 9.56. The summed E-state index contributed by atoms with van der Waals surface area (Å²) in [6, 6.07) is 15.3. The number of hydrogen-bond acceptors (Lipinski definition) is 6. The largest absolute Gasteiger partial charge is 0.497 e. The van der Waals surface area contributed by atoms with Gasteiger partial charge in [0.15, 0.2) is 0 Å². The smallest absolute Gasteiger partial charge is 0.260 e. The van der Waals surface area contributed by atoms with Gasteiger partial charge in [-0.15, -0.1) is 5.10 Å². The van der Waals surface area contributed by atoms with Crippen molar-refractivity contribution in [3.8, 4) is 5.75 Å². The molecule has 2 aliphatic heterocycles. The van der Waals surface area contributed by atoms with E-state index in [0.717, 1.165) is 16.9 Å². The van der Waals surface area contributed by atoms with E-state index in [-0.39, 0.29) is 41.7 Å². The van der Waals surface area contributed by atoms with Gasteiger partial charge in [0.1, 0.15) is 5.75 Å². The third-order valence-electron chi connectivity index (χ3n) is 7.16.